The zero-order valence-electron chi connectivity index (χ0n) is 14.1. The summed E-state index contributed by atoms with van der Waals surface area (Å²) in [6.07, 6.45) is 6.45. The third kappa shape index (κ3) is 2.93. The summed E-state index contributed by atoms with van der Waals surface area (Å²) in [6, 6.07) is 12.1. The number of amides is 1. The molecule has 0 saturated heterocycles. The van der Waals surface area contributed by atoms with Crippen molar-refractivity contribution in [2.75, 3.05) is 5.32 Å². The second-order valence-electron chi connectivity index (χ2n) is 6.44. The molecule has 0 unspecified atom stereocenters. The van der Waals surface area contributed by atoms with Gasteiger partial charge in [-0.3, -0.25) is 14.9 Å². The van der Waals surface area contributed by atoms with Crippen LogP contribution in [0, 0.1) is 6.92 Å². The average Bonchev–Trinajstić information content (AvgIpc) is 3.02. The molecule has 0 bridgehead atoms. The van der Waals surface area contributed by atoms with Crippen molar-refractivity contribution in [1.82, 2.24) is 15.2 Å². The summed E-state index contributed by atoms with van der Waals surface area (Å²) in [5.41, 5.74) is 5.27. The molecule has 1 amide bonds. The summed E-state index contributed by atoms with van der Waals surface area (Å²) in [6.45, 7) is 1.96. The Morgan fingerprint density at radius 2 is 2.00 bits per heavy atom. The molecule has 0 radical (unpaired) electrons. The maximum Gasteiger partial charge on any atom is 0.233 e. The molecule has 5 nitrogen and oxygen atoms in total. The van der Waals surface area contributed by atoms with Gasteiger partial charge in [0.05, 0.1) is 11.6 Å². The summed E-state index contributed by atoms with van der Waals surface area (Å²) < 4.78 is 0. The van der Waals surface area contributed by atoms with E-state index in [0.29, 0.717) is 5.82 Å². The molecule has 2 heterocycles. The number of carbonyl (C=O) groups excluding carboxylic acids is 1. The molecule has 126 valence electrons. The van der Waals surface area contributed by atoms with E-state index < -0.39 is 0 Å². The Morgan fingerprint density at radius 1 is 1.20 bits per heavy atom. The number of hydrogen-bond donors (Lipinski definition) is 2. The Balaban J connectivity index is 1.58. The number of benzene rings is 1. The highest BCUT2D eigenvalue weighted by molar-refractivity contribution is 5.96. The third-order valence-corrected chi connectivity index (χ3v) is 4.91. The van der Waals surface area contributed by atoms with E-state index in [1.54, 1.807) is 12.4 Å². The summed E-state index contributed by atoms with van der Waals surface area (Å²) in [5.74, 6) is 0.508. The predicted octanol–water partition coefficient (Wildman–Crippen LogP) is 3.84. The van der Waals surface area contributed by atoms with Gasteiger partial charge < -0.3 is 5.32 Å². The first-order chi connectivity index (χ1) is 12.2. The first kappa shape index (κ1) is 15.6. The third-order valence-electron chi connectivity index (χ3n) is 4.91. The van der Waals surface area contributed by atoms with Crippen molar-refractivity contribution in [2.24, 2.45) is 0 Å². The smallest absolute Gasteiger partial charge is 0.233 e. The maximum absolute atomic E-state index is 12.9. The largest absolute Gasteiger partial charge is 0.308 e. The van der Waals surface area contributed by atoms with E-state index in [1.165, 1.54) is 5.56 Å². The Hall–Kier alpha value is -2.95. The highest BCUT2D eigenvalue weighted by Crippen LogP contribution is 2.33. The van der Waals surface area contributed by atoms with Crippen LogP contribution < -0.4 is 5.32 Å². The number of aromatic nitrogens is 3. The lowest BCUT2D eigenvalue weighted by Gasteiger charge is -2.24. The van der Waals surface area contributed by atoms with Crippen molar-refractivity contribution in [1.29, 1.82) is 0 Å². The van der Waals surface area contributed by atoms with Crippen molar-refractivity contribution in [3.05, 3.63) is 65.5 Å². The van der Waals surface area contributed by atoms with Crippen molar-refractivity contribution < 1.29 is 4.79 Å². The molecule has 2 aromatic heterocycles. The van der Waals surface area contributed by atoms with E-state index >= 15 is 0 Å². The fraction of sp³-hybridized carbons (Fsp3) is 0.250. The van der Waals surface area contributed by atoms with Gasteiger partial charge in [-0.2, -0.15) is 5.10 Å². The lowest BCUT2D eigenvalue weighted by molar-refractivity contribution is -0.117. The Bertz CT molecular complexity index is 901. The van der Waals surface area contributed by atoms with Crippen molar-refractivity contribution in [3.63, 3.8) is 0 Å². The molecular formula is C20H20N4O. The van der Waals surface area contributed by atoms with Crippen LogP contribution in [-0.2, 0) is 11.2 Å². The number of H-pyrrole nitrogens is 1. The summed E-state index contributed by atoms with van der Waals surface area (Å²) in [5, 5.41) is 10.3. The van der Waals surface area contributed by atoms with Crippen LogP contribution in [0.3, 0.4) is 0 Å². The molecule has 1 aromatic carbocycles. The van der Waals surface area contributed by atoms with Gasteiger partial charge in [0.2, 0.25) is 5.91 Å². The molecule has 3 aromatic rings. The van der Waals surface area contributed by atoms with Gasteiger partial charge in [0.1, 0.15) is 0 Å². The predicted molar refractivity (Wildman–Crippen MR) is 97.3 cm³/mol. The second kappa shape index (κ2) is 6.51. The summed E-state index contributed by atoms with van der Waals surface area (Å²) >= 11 is 0. The molecule has 0 saturated carbocycles. The van der Waals surface area contributed by atoms with E-state index in [-0.39, 0.29) is 11.8 Å². The van der Waals surface area contributed by atoms with E-state index in [9.17, 15) is 4.79 Å². The van der Waals surface area contributed by atoms with E-state index in [1.807, 2.05) is 31.2 Å². The van der Waals surface area contributed by atoms with Gasteiger partial charge in [0.25, 0.3) is 0 Å². The lowest BCUT2D eigenvalue weighted by Crippen LogP contribution is -2.25. The van der Waals surface area contributed by atoms with Crippen molar-refractivity contribution in [3.8, 4) is 11.3 Å². The Labute approximate surface area is 146 Å². The molecule has 1 aliphatic rings. The molecule has 5 heteroatoms. The Kier molecular flexibility index (Phi) is 4.06. The molecule has 25 heavy (non-hydrogen) atoms. The molecule has 0 spiro atoms. The SMILES string of the molecule is Cc1c(NC(=O)[C@H]2CCCc3ccccc32)n[nH]c1-c1ccncc1. The summed E-state index contributed by atoms with van der Waals surface area (Å²) in [7, 11) is 0. The molecule has 4 rings (SSSR count). The van der Waals surface area contributed by atoms with E-state index in [2.05, 4.69) is 32.6 Å². The zero-order valence-corrected chi connectivity index (χ0v) is 14.1. The standard InChI is InChI=1S/C20H20N4O/c1-13-18(15-9-11-21-12-10-15)23-24-19(13)22-20(25)17-8-4-6-14-5-2-3-7-16(14)17/h2-3,5,7,9-12,17H,4,6,8H2,1H3,(H2,22,23,24,25)/t17-/m0/s1. The van der Waals surface area contributed by atoms with Crippen LogP contribution in [-0.4, -0.2) is 21.1 Å². The minimum atomic E-state index is -0.106. The fourth-order valence-corrected chi connectivity index (χ4v) is 3.55. The molecular weight excluding hydrogens is 312 g/mol. The van der Waals surface area contributed by atoms with E-state index in [0.717, 1.165) is 41.6 Å². The quantitative estimate of drug-likeness (QED) is 0.765. The number of pyridine rings is 1. The minimum absolute atomic E-state index is 0.0167. The number of anilines is 1. The molecule has 1 aliphatic carbocycles. The zero-order chi connectivity index (χ0) is 17.2. The number of nitrogens with one attached hydrogen (secondary N) is 2. The van der Waals surface area contributed by atoms with Crippen LogP contribution in [0.2, 0.25) is 0 Å². The minimum Gasteiger partial charge on any atom is -0.308 e. The number of aryl methyl sites for hydroxylation is 1. The molecule has 2 N–H and O–H groups in total. The van der Waals surface area contributed by atoms with Gasteiger partial charge in [-0.05, 0) is 49.4 Å². The van der Waals surface area contributed by atoms with E-state index in [4.69, 9.17) is 0 Å². The van der Waals surface area contributed by atoms with Crippen molar-refractivity contribution in [2.45, 2.75) is 32.1 Å². The van der Waals surface area contributed by atoms with Crippen LogP contribution in [0.4, 0.5) is 5.82 Å². The van der Waals surface area contributed by atoms with Gasteiger partial charge in [-0.25, -0.2) is 0 Å². The monoisotopic (exact) mass is 332 g/mol. The van der Waals surface area contributed by atoms with Gasteiger partial charge in [0.15, 0.2) is 5.82 Å². The highest BCUT2D eigenvalue weighted by atomic mass is 16.2. The number of rotatable bonds is 3. The number of hydrogen-bond acceptors (Lipinski definition) is 3. The maximum atomic E-state index is 12.9. The normalized spacial score (nSPS) is 16.3. The highest BCUT2D eigenvalue weighted by Gasteiger charge is 2.27. The van der Waals surface area contributed by atoms with Gasteiger partial charge in [-0.15, -0.1) is 0 Å². The van der Waals surface area contributed by atoms with Crippen molar-refractivity contribution >= 4 is 11.7 Å². The first-order valence-corrected chi connectivity index (χ1v) is 8.58. The molecule has 0 aliphatic heterocycles. The molecule has 1 atom stereocenters. The van der Waals surface area contributed by atoms with Gasteiger partial charge >= 0.3 is 0 Å². The number of carbonyl (C=O) groups is 1. The second-order valence-corrected chi connectivity index (χ2v) is 6.44. The van der Waals surface area contributed by atoms with Crippen LogP contribution >= 0.6 is 0 Å². The number of aromatic amines is 1. The first-order valence-electron chi connectivity index (χ1n) is 8.58. The average molecular weight is 332 g/mol. The lowest BCUT2D eigenvalue weighted by atomic mass is 9.82. The van der Waals surface area contributed by atoms with Crippen LogP contribution in [0.1, 0.15) is 35.4 Å². The van der Waals surface area contributed by atoms with Gasteiger partial charge in [-0.1, -0.05) is 24.3 Å². The van der Waals surface area contributed by atoms with Crippen LogP contribution in [0.15, 0.2) is 48.8 Å². The summed E-state index contributed by atoms with van der Waals surface area (Å²) in [4.78, 5) is 16.9. The van der Waals surface area contributed by atoms with Crippen LogP contribution in [0.5, 0.6) is 0 Å². The fourth-order valence-electron chi connectivity index (χ4n) is 3.55. The number of fused-ring (bicyclic) bond motifs is 1. The van der Waals surface area contributed by atoms with Gasteiger partial charge in [0, 0.05) is 23.5 Å². The molecule has 0 fully saturated rings. The van der Waals surface area contributed by atoms with Crippen LogP contribution in [0.25, 0.3) is 11.3 Å². The topological polar surface area (TPSA) is 70.7 Å². The number of nitrogens with zero attached hydrogens (tertiary/aromatic N) is 2. The Morgan fingerprint density at radius 3 is 2.84 bits per heavy atom.